The van der Waals surface area contributed by atoms with E-state index in [9.17, 15) is 20.2 Å². The van der Waals surface area contributed by atoms with E-state index in [1.807, 2.05) is 30.3 Å². The summed E-state index contributed by atoms with van der Waals surface area (Å²) >= 11 is 0. The fourth-order valence-electron chi connectivity index (χ4n) is 3.85. The molecule has 2 heterocycles. The van der Waals surface area contributed by atoms with Crippen LogP contribution in [0.4, 0.5) is 5.69 Å². The smallest absolute Gasteiger partial charge is 0.269 e. The Morgan fingerprint density at radius 2 is 1.82 bits per heavy atom. The largest absolute Gasteiger partial charge is 0.338 e. The molecule has 8 heteroatoms. The molecule has 0 unspecified atom stereocenters. The number of non-ortho nitro benzene ring substituents is 1. The van der Waals surface area contributed by atoms with Crippen molar-refractivity contribution in [2.45, 2.75) is 19.8 Å². The van der Waals surface area contributed by atoms with Gasteiger partial charge in [-0.3, -0.25) is 14.9 Å². The van der Waals surface area contributed by atoms with Crippen LogP contribution < -0.4 is 0 Å². The summed E-state index contributed by atoms with van der Waals surface area (Å²) in [5.41, 5.74) is 2.60. The zero-order valence-electron chi connectivity index (χ0n) is 18.2. The summed E-state index contributed by atoms with van der Waals surface area (Å²) in [6, 6.07) is 17.6. The molecule has 4 rings (SSSR count). The molecule has 1 fully saturated rings. The Hall–Kier alpha value is -4.25. The van der Waals surface area contributed by atoms with Crippen molar-refractivity contribution in [3.8, 4) is 23.0 Å². The van der Waals surface area contributed by atoms with Gasteiger partial charge in [0.05, 0.1) is 10.6 Å². The summed E-state index contributed by atoms with van der Waals surface area (Å²) in [6.07, 6.45) is 5.16. The first-order valence-electron chi connectivity index (χ1n) is 10.8. The second kappa shape index (κ2) is 9.49. The third kappa shape index (κ3) is 4.83. The Bertz CT molecular complexity index is 1230. The van der Waals surface area contributed by atoms with E-state index in [0.29, 0.717) is 35.8 Å². The minimum Gasteiger partial charge on any atom is -0.338 e. The predicted molar refractivity (Wildman–Crippen MR) is 124 cm³/mol. The van der Waals surface area contributed by atoms with E-state index in [1.54, 1.807) is 34.0 Å². The molecule has 1 amide bonds. The summed E-state index contributed by atoms with van der Waals surface area (Å²) in [4.78, 5) is 25.3. The van der Waals surface area contributed by atoms with Crippen LogP contribution in [0.15, 0.2) is 66.4 Å². The van der Waals surface area contributed by atoms with E-state index in [4.69, 9.17) is 0 Å². The summed E-state index contributed by atoms with van der Waals surface area (Å²) in [5, 5.41) is 25.5. The number of carbonyl (C=O) groups excluding carboxylic acids is 1. The van der Waals surface area contributed by atoms with Crippen molar-refractivity contribution in [3.63, 3.8) is 0 Å². The van der Waals surface area contributed by atoms with Crippen molar-refractivity contribution < 1.29 is 9.72 Å². The van der Waals surface area contributed by atoms with Crippen LogP contribution in [0.3, 0.4) is 0 Å². The lowest BCUT2D eigenvalue weighted by Crippen LogP contribution is -2.38. The van der Waals surface area contributed by atoms with Crippen molar-refractivity contribution in [2.24, 2.45) is 5.92 Å². The van der Waals surface area contributed by atoms with Gasteiger partial charge in [-0.2, -0.15) is 10.4 Å². The lowest BCUT2D eigenvalue weighted by Gasteiger charge is -2.30. The summed E-state index contributed by atoms with van der Waals surface area (Å²) in [6.45, 7) is 3.44. The molecule has 3 aromatic rings. The number of piperidine rings is 1. The molecular formula is C25H23N5O3. The monoisotopic (exact) mass is 441 g/mol. The molecule has 166 valence electrons. The molecule has 1 saturated heterocycles. The number of likely N-dealkylation sites (tertiary alicyclic amines) is 1. The van der Waals surface area contributed by atoms with Crippen LogP contribution in [0.5, 0.6) is 0 Å². The number of carbonyl (C=O) groups is 1. The van der Waals surface area contributed by atoms with Crippen LogP contribution in [-0.4, -0.2) is 38.6 Å². The number of hydrogen-bond donors (Lipinski definition) is 0. The highest BCUT2D eigenvalue weighted by Crippen LogP contribution is 2.28. The molecule has 1 aromatic heterocycles. The van der Waals surface area contributed by atoms with Gasteiger partial charge in [0.1, 0.15) is 17.3 Å². The molecule has 0 bridgehead atoms. The maximum Gasteiger partial charge on any atom is 0.269 e. The van der Waals surface area contributed by atoms with Crippen molar-refractivity contribution >= 4 is 17.7 Å². The lowest BCUT2D eigenvalue weighted by molar-refractivity contribution is -0.384. The molecule has 33 heavy (non-hydrogen) atoms. The Kier molecular flexibility index (Phi) is 6.31. The highest BCUT2D eigenvalue weighted by Gasteiger charge is 2.24. The third-order valence-electron chi connectivity index (χ3n) is 5.84. The number of nitrogens with zero attached hydrogens (tertiary/aromatic N) is 5. The SMILES string of the molecule is CC1CCN(C(=O)C(C#N)=Cc2cn(-c3ccccc3)nc2-c2ccc([N+](=O)[O-])cc2)CC1. The van der Waals surface area contributed by atoms with Crippen LogP contribution in [0.25, 0.3) is 23.0 Å². The van der Waals surface area contributed by atoms with Gasteiger partial charge in [0, 0.05) is 42.5 Å². The number of hydrogen-bond acceptors (Lipinski definition) is 5. The van der Waals surface area contributed by atoms with Gasteiger partial charge in [-0.05, 0) is 49.1 Å². The lowest BCUT2D eigenvalue weighted by atomic mass is 9.98. The number of rotatable bonds is 5. The van der Waals surface area contributed by atoms with Gasteiger partial charge in [-0.1, -0.05) is 25.1 Å². The van der Waals surface area contributed by atoms with E-state index in [2.05, 4.69) is 18.1 Å². The Morgan fingerprint density at radius 1 is 1.15 bits per heavy atom. The number of aromatic nitrogens is 2. The number of benzene rings is 2. The van der Waals surface area contributed by atoms with Crippen molar-refractivity contribution in [1.29, 1.82) is 5.26 Å². The number of para-hydroxylation sites is 1. The quantitative estimate of drug-likeness (QED) is 0.249. The highest BCUT2D eigenvalue weighted by atomic mass is 16.6. The van der Waals surface area contributed by atoms with Gasteiger partial charge in [0.15, 0.2) is 0 Å². The van der Waals surface area contributed by atoms with Crippen LogP contribution >= 0.6 is 0 Å². The molecule has 0 radical (unpaired) electrons. The molecule has 1 aliphatic heterocycles. The second-order valence-corrected chi connectivity index (χ2v) is 8.16. The van der Waals surface area contributed by atoms with Crippen molar-refractivity contribution in [3.05, 3.63) is 82.0 Å². The summed E-state index contributed by atoms with van der Waals surface area (Å²) < 4.78 is 1.67. The average molecular weight is 441 g/mol. The zero-order chi connectivity index (χ0) is 23.4. The molecule has 0 atom stereocenters. The zero-order valence-corrected chi connectivity index (χ0v) is 18.2. The second-order valence-electron chi connectivity index (χ2n) is 8.16. The van der Waals surface area contributed by atoms with Gasteiger partial charge >= 0.3 is 0 Å². The van der Waals surface area contributed by atoms with Crippen LogP contribution in [0.1, 0.15) is 25.3 Å². The van der Waals surface area contributed by atoms with E-state index in [1.165, 1.54) is 12.1 Å². The van der Waals surface area contributed by atoms with E-state index < -0.39 is 4.92 Å². The average Bonchev–Trinajstić information content (AvgIpc) is 3.27. The van der Waals surface area contributed by atoms with E-state index in [0.717, 1.165) is 18.5 Å². The fraction of sp³-hybridized carbons (Fsp3) is 0.240. The molecule has 0 saturated carbocycles. The standard InChI is InChI=1S/C25H23N5O3/c1-18-11-13-28(14-12-18)25(31)20(16-26)15-21-17-29(22-5-3-2-4-6-22)27-24(21)19-7-9-23(10-8-19)30(32)33/h2-10,15,17-18H,11-14H2,1H3. The van der Waals surface area contributed by atoms with Gasteiger partial charge < -0.3 is 4.90 Å². The minimum atomic E-state index is -0.459. The first-order valence-corrected chi connectivity index (χ1v) is 10.8. The molecule has 0 aliphatic carbocycles. The number of nitro groups is 1. The Morgan fingerprint density at radius 3 is 2.42 bits per heavy atom. The maximum absolute atomic E-state index is 13.0. The molecular weight excluding hydrogens is 418 g/mol. The van der Waals surface area contributed by atoms with Gasteiger partial charge in [-0.25, -0.2) is 4.68 Å². The Labute approximate surface area is 191 Å². The first-order chi connectivity index (χ1) is 16.0. The van der Waals surface area contributed by atoms with E-state index in [-0.39, 0.29) is 17.2 Å². The molecule has 0 N–H and O–H groups in total. The maximum atomic E-state index is 13.0. The number of nitro benzene ring substituents is 1. The van der Waals surface area contributed by atoms with Crippen LogP contribution in [0, 0.1) is 27.4 Å². The first kappa shape index (κ1) is 22.0. The molecule has 8 nitrogen and oxygen atoms in total. The van der Waals surface area contributed by atoms with Gasteiger partial charge in [0.2, 0.25) is 0 Å². The van der Waals surface area contributed by atoms with E-state index >= 15 is 0 Å². The number of amides is 1. The third-order valence-corrected chi connectivity index (χ3v) is 5.84. The highest BCUT2D eigenvalue weighted by molar-refractivity contribution is 6.02. The van der Waals surface area contributed by atoms with Gasteiger partial charge in [0.25, 0.3) is 11.6 Å². The molecule has 1 aliphatic rings. The van der Waals surface area contributed by atoms with Crippen LogP contribution in [0.2, 0.25) is 0 Å². The van der Waals surface area contributed by atoms with Crippen molar-refractivity contribution in [2.75, 3.05) is 13.1 Å². The van der Waals surface area contributed by atoms with Crippen molar-refractivity contribution in [1.82, 2.24) is 14.7 Å². The summed E-state index contributed by atoms with van der Waals surface area (Å²) in [5.74, 6) is 0.285. The topological polar surface area (TPSA) is 105 Å². The van der Waals surface area contributed by atoms with Gasteiger partial charge in [-0.15, -0.1) is 0 Å². The molecule has 0 spiro atoms. The predicted octanol–water partition coefficient (Wildman–Crippen LogP) is 4.61. The van der Waals surface area contributed by atoms with Crippen LogP contribution in [-0.2, 0) is 4.79 Å². The fourth-order valence-corrected chi connectivity index (χ4v) is 3.85. The normalized spacial score (nSPS) is 14.7. The molecule has 2 aromatic carbocycles. The Balaban J connectivity index is 1.75. The minimum absolute atomic E-state index is 0.0226. The number of nitriles is 1. The summed E-state index contributed by atoms with van der Waals surface area (Å²) in [7, 11) is 0.